The molecule has 2 rings (SSSR count). The largest absolute Gasteiger partial charge is 0.382 e. The molecule has 84 valence electrons. The van der Waals surface area contributed by atoms with Crippen LogP contribution in [-0.2, 0) is 4.74 Å². The maximum atomic E-state index is 5.21. The summed E-state index contributed by atoms with van der Waals surface area (Å²) in [7, 11) is 0. The van der Waals surface area contributed by atoms with Crippen molar-refractivity contribution in [2.24, 2.45) is 5.41 Å². The summed E-state index contributed by atoms with van der Waals surface area (Å²) in [6, 6.07) is 0.420. The van der Waals surface area contributed by atoms with E-state index in [-0.39, 0.29) is 0 Å². The first-order valence-electron chi connectivity index (χ1n) is 5.45. The fourth-order valence-corrected chi connectivity index (χ4v) is 1.58. The molecule has 4 heteroatoms. The van der Waals surface area contributed by atoms with Crippen molar-refractivity contribution in [2.45, 2.75) is 26.8 Å². The van der Waals surface area contributed by atoms with Crippen LogP contribution in [0, 0.1) is 5.41 Å². The molecule has 0 unspecified atom stereocenters. The van der Waals surface area contributed by atoms with E-state index in [9.17, 15) is 0 Å². The minimum Gasteiger partial charge on any atom is -0.382 e. The molecule has 1 aromatic rings. The first-order chi connectivity index (χ1) is 7.09. The van der Waals surface area contributed by atoms with Gasteiger partial charge in [-0.15, -0.1) is 0 Å². The molecule has 0 amide bonds. The second kappa shape index (κ2) is 3.85. The lowest BCUT2D eigenvalue weighted by molar-refractivity contribution is -0.0924. The van der Waals surface area contributed by atoms with E-state index < -0.39 is 0 Å². The average Bonchev–Trinajstić information content (AvgIpc) is 2.60. The van der Waals surface area contributed by atoms with Crippen LogP contribution in [0.5, 0.6) is 0 Å². The van der Waals surface area contributed by atoms with Crippen molar-refractivity contribution in [1.82, 2.24) is 9.78 Å². The van der Waals surface area contributed by atoms with Crippen molar-refractivity contribution in [3.05, 3.63) is 12.4 Å². The fraction of sp³-hybridized carbons (Fsp3) is 0.727. The summed E-state index contributed by atoms with van der Waals surface area (Å²) >= 11 is 0. The monoisotopic (exact) mass is 209 g/mol. The standard InChI is InChI=1S/C11H19N3O/c1-9(2)14-5-10(4-13-14)12-6-11(3)7-15-8-11/h4-5,9,12H,6-8H2,1-3H3. The van der Waals surface area contributed by atoms with Crippen LogP contribution in [0.2, 0.25) is 0 Å². The summed E-state index contributed by atoms with van der Waals surface area (Å²) in [5.74, 6) is 0. The zero-order valence-electron chi connectivity index (χ0n) is 9.66. The van der Waals surface area contributed by atoms with Crippen molar-refractivity contribution in [3.8, 4) is 0 Å². The first kappa shape index (κ1) is 10.5. The second-order valence-corrected chi connectivity index (χ2v) is 4.96. The van der Waals surface area contributed by atoms with Gasteiger partial charge in [0.15, 0.2) is 0 Å². The van der Waals surface area contributed by atoms with Crippen LogP contribution in [0.3, 0.4) is 0 Å². The molecule has 0 aliphatic carbocycles. The first-order valence-corrected chi connectivity index (χ1v) is 5.45. The Bertz CT molecular complexity index is 328. The van der Waals surface area contributed by atoms with Gasteiger partial charge < -0.3 is 10.1 Å². The van der Waals surface area contributed by atoms with E-state index in [1.165, 1.54) is 0 Å². The van der Waals surface area contributed by atoms with E-state index in [1.54, 1.807) is 0 Å². The van der Waals surface area contributed by atoms with Crippen LogP contribution < -0.4 is 5.32 Å². The predicted octanol–water partition coefficient (Wildman–Crippen LogP) is 1.91. The Morgan fingerprint density at radius 3 is 2.80 bits per heavy atom. The Kier molecular flexibility index (Phi) is 2.69. The highest BCUT2D eigenvalue weighted by Gasteiger charge is 2.32. The fourth-order valence-electron chi connectivity index (χ4n) is 1.58. The van der Waals surface area contributed by atoms with Gasteiger partial charge in [-0.25, -0.2) is 0 Å². The molecular weight excluding hydrogens is 190 g/mol. The van der Waals surface area contributed by atoms with Gasteiger partial charge in [0.2, 0.25) is 0 Å². The summed E-state index contributed by atoms with van der Waals surface area (Å²) in [4.78, 5) is 0. The summed E-state index contributed by atoms with van der Waals surface area (Å²) in [5.41, 5.74) is 1.40. The highest BCUT2D eigenvalue weighted by atomic mass is 16.5. The summed E-state index contributed by atoms with van der Waals surface area (Å²) in [5, 5.41) is 7.68. The minimum atomic E-state index is 0.305. The number of anilines is 1. The molecule has 2 heterocycles. The Morgan fingerprint density at radius 2 is 2.33 bits per heavy atom. The predicted molar refractivity (Wildman–Crippen MR) is 60.0 cm³/mol. The Morgan fingerprint density at radius 1 is 1.60 bits per heavy atom. The van der Waals surface area contributed by atoms with Gasteiger partial charge >= 0.3 is 0 Å². The molecule has 1 saturated heterocycles. The Labute approximate surface area is 90.6 Å². The molecule has 15 heavy (non-hydrogen) atoms. The molecule has 0 radical (unpaired) electrons. The van der Waals surface area contributed by atoms with E-state index in [0.29, 0.717) is 11.5 Å². The summed E-state index contributed by atoms with van der Waals surface area (Å²) in [6.45, 7) is 9.15. The van der Waals surface area contributed by atoms with Gasteiger partial charge in [-0.1, -0.05) is 6.92 Å². The molecule has 1 aliphatic rings. The van der Waals surface area contributed by atoms with E-state index in [2.05, 4.69) is 31.2 Å². The molecule has 0 atom stereocenters. The molecule has 1 fully saturated rings. The Hall–Kier alpha value is -1.03. The molecule has 0 aromatic carbocycles. The highest BCUT2D eigenvalue weighted by molar-refractivity contribution is 5.38. The second-order valence-electron chi connectivity index (χ2n) is 4.96. The summed E-state index contributed by atoms with van der Waals surface area (Å²) in [6.07, 6.45) is 3.93. The number of ether oxygens (including phenoxy) is 1. The molecule has 1 aromatic heterocycles. The molecule has 1 N–H and O–H groups in total. The van der Waals surface area contributed by atoms with Crippen molar-refractivity contribution < 1.29 is 4.74 Å². The quantitative estimate of drug-likeness (QED) is 0.823. The van der Waals surface area contributed by atoms with E-state index in [0.717, 1.165) is 25.4 Å². The van der Waals surface area contributed by atoms with Crippen LogP contribution in [0.1, 0.15) is 26.8 Å². The third kappa shape index (κ3) is 2.31. The number of rotatable bonds is 4. The molecule has 1 aliphatic heterocycles. The lowest BCUT2D eigenvalue weighted by atomic mass is 9.89. The lowest BCUT2D eigenvalue weighted by Gasteiger charge is -2.38. The van der Waals surface area contributed by atoms with Gasteiger partial charge in [0.25, 0.3) is 0 Å². The topological polar surface area (TPSA) is 39.1 Å². The smallest absolute Gasteiger partial charge is 0.0726 e. The van der Waals surface area contributed by atoms with Gasteiger partial charge in [0.1, 0.15) is 0 Å². The van der Waals surface area contributed by atoms with Crippen LogP contribution in [0.15, 0.2) is 12.4 Å². The van der Waals surface area contributed by atoms with Gasteiger partial charge in [0.05, 0.1) is 25.1 Å². The minimum absolute atomic E-state index is 0.305. The maximum Gasteiger partial charge on any atom is 0.0726 e. The number of nitrogens with one attached hydrogen (secondary N) is 1. The van der Waals surface area contributed by atoms with Crippen molar-refractivity contribution in [3.63, 3.8) is 0 Å². The van der Waals surface area contributed by atoms with Gasteiger partial charge in [-0.2, -0.15) is 5.10 Å². The van der Waals surface area contributed by atoms with E-state index in [4.69, 9.17) is 4.74 Å². The maximum absolute atomic E-state index is 5.21. The van der Waals surface area contributed by atoms with Crippen LogP contribution in [-0.4, -0.2) is 29.5 Å². The van der Waals surface area contributed by atoms with Crippen LogP contribution in [0.25, 0.3) is 0 Å². The highest BCUT2D eigenvalue weighted by Crippen LogP contribution is 2.26. The van der Waals surface area contributed by atoms with E-state index >= 15 is 0 Å². The molecule has 0 spiro atoms. The van der Waals surface area contributed by atoms with E-state index in [1.807, 2.05) is 17.1 Å². The van der Waals surface area contributed by atoms with Crippen molar-refractivity contribution in [2.75, 3.05) is 25.1 Å². The zero-order chi connectivity index (χ0) is 10.9. The third-order valence-corrected chi connectivity index (χ3v) is 2.75. The van der Waals surface area contributed by atoms with Crippen molar-refractivity contribution >= 4 is 5.69 Å². The number of aromatic nitrogens is 2. The van der Waals surface area contributed by atoms with Crippen LogP contribution in [0.4, 0.5) is 5.69 Å². The van der Waals surface area contributed by atoms with Crippen LogP contribution >= 0.6 is 0 Å². The number of hydrogen-bond acceptors (Lipinski definition) is 3. The van der Waals surface area contributed by atoms with Gasteiger partial charge in [0, 0.05) is 24.2 Å². The molecule has 0 bridgehead atoms. The third-order valence-electron chi connectivity index (χ3n) is 2.75. The molecule has 4 nitrogen and oxygen atoms in total. The van der Waals surface area contributed by atoms with Gasteiger partial charge in [-0.3, -0.25) is 4.68 Å². The SMILES string of the molecule is CC(C)n1cc(NCC2(C)COC2)cn1. The van der Waals surface area contributed by atoms with Gasteiger partial charge in [-0.05, 0) is 13.8 Å². The number of nitrogens with zero attached hydrogens (tertiary/aromatic N) is 2. The molecular formula is C11H19N3O. The normalized spacial score (nSPS) is 18.9. The Balaban J connectivity index is 1.88. The number of hydrogen-bond donors (Lipinski definition) is 1. The zero-order valence-corrected chi connectivity index (χ0v) is 9.66. The average molecular weight is 209 g/mol. The van der Waals surface area contributed by atoms with Crippen molar-refractivity contribution in [1.29, 1.82) is 0 Å². The summed E-state index contributed by atoms with van der Waals surface area (Å²) < 4.78 is 7.17. The lowest BCUT2D eigenvalue weighted by Crippen LogP contribution is -2.45. The molecule has 0 saturated carbocycles.